The molecule has 1 aliphatic heterocycles. The molecule has 1 aliphatic rings. The van der Waals surface area contributed by atoms with Crippen LogP contribution in [0.5, 0.6) is 5.75 Å². The van der Waals surface area contributed by atoms with Crippen LogP contribution >= 0.6 is 0 Å². The lowest BCUT2D eigenvalue weighted by Crippen LogP contribution is -2.40. The molecule has 152 valence electrons. The molecule has 2 heterocycles. The average molecular weight is 385 g/mol. The Morgan fingerprint density at radius 3 is 2.75 bits per heavy atom. The number of anilines is 1. The topological polar surface area (TPSA) is 66.7 Å². The van der Waals surface area contributed by atoms with Gasteiger partial charge in [0.15, 0.2) is 5.96 Å². The van der Waals surface area contributed by atoms with Crippen molar-refractivity contribution in [2.75, 3.05) is 38.7 Å². The van der Waals surface area contributed by atoms with Crippen molar-refractivity contribution < 1.29 is 4.74 Å². The fourth-order valence-corrected chi connectivity index (χ4v) is 3.82. The molecule has 0 spiro atoms. The Hall–Kier alpha value is -2.70. The van der Waals surface area contributed by atoms with Crippen molar-refractivity contribution in [1.29, 1.82) is 0 Å². The van der Waals surface area contributed by atoms with Crippen LogP contribution in [-0.4, -0.2) is 49.5 Å². The van der Waals surface area contributed by atoms with Gasteiger partial charge in [0.1, 0.15) is 5.75 Å². The van der Waals surface area contributed by atoms with Gasteiger partial charge in [0.25, 0.3) is 0 Å². The Balaban J connectivity index is 1.51. The predicted octanol–water partition coefficient (Wildman–Crippen LogP) is 2.24. The molecule has 28 heavy (non-hydrogen) atoms. The summed E-state index contributed by atoms with van der Waals surface area (Å²) in [6.45, 7) is 7.83. The molecule has 2 aromatic rings. The van der Waals surface area contributed by atoms with Gasteiger partial charge in [0.2, 0.25) is 0 Å². The van der Waals surface area contributed by atoms with E-state index in [2.05, 4.69) is 44.7 Å². The quantitative estimate of drug-likeness (QED) is 0.591. The molecule has 3 rings (SSSR count). The Kier molecular flexibility index (Phi) is 6.44. The summed E-state index contributed by atoms with van der Waals surface area (Å²) >= 11 is 0. The van der Waals surface area contributed by atoms with Gasteiger partial charge in [-0.15, -0.1) is 0 Å². The number of para-hydroxylation sites is 2. The molecule has 1 atom stereocenters. The molecule has 1 unspecified atom stereocenters. The molecule has 0 bridgehead atoms. The highest BCUT2D eigenvalue weighted by Gasteiger charge is 2.24. The molecule has 0 radical (unpaired) electrons. The number of hydrogen-bond acceptors (Lipinski definition) is 4. The number of benzene rings is 1. The van der Waals surface area contributed by atoms with E-state index < -0.39 is 0 Å². The van der Waals surface area contributed by atoms with E-state index in [9.17, 15) is 0 Å². The molecule has 1 aromatic heterocycles. The first-order valence-electron chi connectivity index (χ1n) is 9.85. The normalized spacial score (nSPS) is 17.1. The standard InChI is InChI=1S/C21H32N6O/c1-15-18(16(2)26(4)25-15)13-24-21(22-3)23-12-17-10-11-27(14-17)19-8-6-7-9-20(19)28-5/h6-9,17H,10-14H2,1-5H3,(H2,22,23,24). The highest BCUT2D eigenvalue weighted by atomic mass is 16.5. The molecule has 7 nitrogen and oxygen atoms in total. The van der Waals surface area contributed by atoms with Crippen molar-refractivity contribution in [2.45, 2.75) is 26.8 Å². The summed E-state index contributed by atoms with van der Waals surface area (Å²) in [6.07, 6.45) is 1.16. The van der Waals surface area contributed by atoms with Gasteiger partial charge in [0.05, 0.1) is 18.5 Å². The maximum absolute atomic E-state index is 5.51. The molecular weight excluding hydrogens is 352 g/mol. The molecule has 7 heteroatoms. The van der Waals surface area contributed by atoms with Crippen molar-refractivity contribution in [2.24, 2.45) is 18.0 Å². The van der Waals surface area contributed by atoms with Crippen LogP contribution in [0.15, 0.2) is 29.3 Å². The van der Waals surface area contributed by atoms with E-state index in [0.717, 1.165) is 50.0 Å². The number of ether oxygens (including phenoxy) is 1. The second kappa shape index (κ2) is 8.99. The van der Waals surface area contributed by atoms with E-state index in [1.165, 1.54) is 16.9 Å². The highest BCUT2D eigenvalue weighted by Crippen LogP contribution is 2.31. The first-order chi connectivity index (χ1) is 13.5. The summed E-state index contributed by atoms with van der Waals surface area (Å²) in [5, 5.41) is 11.4. The van der Waals surface area contributed by atoms with Gasteiger partial charge in [-0.1, -0.05) is 12.1 Å². The number of guanidine groups is 1. The Morgan fingerprint density at radius 2 is 2.07 bits per heavy atom. The van der Waals surface area contributed by atoms with Crippen LogP contribution in [-0.2, 0) is 13.6 Å². The van der Waals surface area contributed by atoms with Crippen LogP contribution in [0.2, 0.25) is 0 Å². The Labute approximate surface area is 167 Å². The molecule has 0 aliphatic carbocycles. The molecule has 2 N–H and O–H groups in total. The zero-order valence-electron chi connectivity index (χ0n) is 17.6. The number of aliphatic imine (C=N–C) groups is 1. The second-order valence-corrected chi connectivity index (χ2v) is 7.35. The van der Waals surface area contributed by atoms with Gasteiger partial charge in [-0.05, 0) is 38.3 Å². The van der Waals surface area contributed by atoms with Gasteiger partial charge in [0, 0.05) is 51.5 Å². The van der Waals surface area contributed by atoms with Crippen molar-refractivity contribution in [3.63, 3.8) is 0 Å². The van der Waals surface area contributed by atoms with Gasteiger partial charge in [-0.3, -0.25) is 9.67 Å². The van der Waals surface area contributed by atoms with E-state index in [-0.39, 0.29) is 0 Å². The van der Waals surface area contributed by atoms with Gasteiger partial charge < -0.3 is 20.3 Å². The van der Waals surface area contributed by atoms with Crippen LogP contribution in [0.1, 0.15) is 23.4 Å². The van der Waals surface area contributed by atoms with E-state index in [1.807, 2.05) is 37.8 Å². The summed E-state index contributed by atoms with van der Waals surface area (Å²) in [5.74, 6) is 2.35. The molecular formula is C21H32N6O. The van der Waals surface area contributed by atoms with E-state index >= 15 is 0 Å². The molecule has 1 saturated heterocycles. The first-order valence-corrected chi connectivity index (χ1v) is 9.85. The van der Waals surface area contributed by atoms with Gasteiger partial charge in [-0.25, -0.2) is 0 Å². The third-order valence-corrected chi connectivity index (χ3v) is 5.58. The summed E-state index contributed by atoms with van der Waals surface area (Å²) in [7, 11) is 5.52. The maximum Gasteiger partial charge on any atom is 0.191 e. The summed E-state index contributed by atoms with van der Waals surface area (Å²) in [4.78, 5) is 6.77. The zero-order chi connectivity index (χ0) is 20.1. The number of aryl methyl sites for hydroxylation is 2. The number of nitrogens with one attached hydrogen (secondary N) is 2. The number of hydrogen-bond donors (Lipinski definition) is 2. The first kappa shape index (κ1) is 20.0. The van der Waals surface area contributed by atoms with E-state index in [0.29, 0.717) is 5.92 Å². The van der Waals surface area contributed by atoms with E-state index in [4.69, 9.17) is 4.74 Å². The number of aromatic nitrogens is 2. The summed E-state index contributed by atoms with van der Waals surface area (Å²) in [6, 6.07) is 8.24. The third kappa shape index (κ3) is 4.40. The summed E-state index contributed by atoms with van der Waals surface area (Å²) in [5.41, 5.74) is 4.65. The van der Waals surface area contributed by atoms with Crippen LogP contribution in [0, 0.1) is 19.8 Å². The van der Waals surface area contributed by atoms with Gasteiger partial charge in [-0.2, -0.15) is 5.10 Å². The second-order valence-electron chi connectivity index (χ2n) is 7.35. The SMILES string of the molecule is CN=C(NCc1c(C)nn(C)c1C)NCC1CCN(c2ccccc2OC)C1. The minimum absolute atomic E-state index is 0.574. The van der Waals surface area contributed by atoms with Crippen LogP contribution in [0.25, 0.3) is 0 Å². The number of rotatable bonds is 6. The fourth-order valence-electron chi connectivity index (χ4n) is 3.82. The van der Waals surface area contributed by atoms with Crippen LogP contribution in [0.3, 0.4) is 0 Å². The van der Waals surface area contributed by atoms with E-state index in [1.54, 1.807) is 7.11 Å². The monoisotopic (exact) mass is 384 g/mol. The third-order valence-electron chi connectivity index (χ3n) is 5.58. The van der Waals surface area contributed by atoms with Crippen molar-refractivity contribution >= 4 is 11.6 Å². The maximum atomic E-state index is 5.51. The summed E-state index contributed by atoms with van der Waals surface area (Å²) < 4.78 is 7.43. The fraction of sp³-hybridized carbons (Fsp3) is 0.524. The zero-order valence-corrected chi connectivity index (χ0v) is 17.6. The van der Waals surface area contributed by atoms with Crippen molar-refractivity contribution in [3.8, 4) is 5.75 Å². The molecule has 1 aromatic carbocycles. The highest BCUT2D eigenvalue weighted by molar-refractivity contribution is 5.79. The van der Waals surface area contributed by atoms with Crippen LogP contribution in [0.4, 0.5) is 5.69 Å². The molecule has 1 fully saturated rings. The molecule has 0 amide bonds. The minimum Gasteiger partial charge on any atom is -0.495 e. The minimum atomic E-state index is 0.574. The average Bonchev–Trinajstić information content (AvgIpc) is 3.27. The molecule has 0 saturated carbocycles. The lowest BCUT2D eigenvalue weighted by Gasteiger charge is -2.21. The lowest BCUT2D eigenvalue weighted by molar-refractivity contribution is 0.414. The smallest absolute Gasteiger partial charge is 0.191 e. The Bertz CT molecular complexity index is 828. The Morgan fingerprint density at radius 1 is 1.29 bits per heavy atom. The van der Waals surface area contributed by atoms with Gasteiger partial charge >= 0.3 is 0 Å². The van der Waals surface area contributed by atoms with Crippen molar-refractivity contribution in [3.05, 3.63) is 41.2 Å². The van der Waals surface area contributed by atoms with Crippen LogP contribution < -0.4 is 20.3 Å². The van der Waals surface area contributed by atoms with Crippen molar-refractivity contribution in [1.82, 2.24) is 20.4 Å². The largest absolute Gasteiger partial charge is 0.495 e. The predicted molar refractivity (Wildman–Crippen MR) is 114 cm³/mol. The number of methoxy groups -OCH3 is 1. The lowest BCUT2D eigenvalue weighted by atomic mass is 10.1. The number of nitrogens with zero attached hydrogens (tertiary/aromatic N) is 4.